The van der Waals surface area contributed by atoms with Gasteiger partial charge in [-0.05, 0) is 46.0 Å². The van der Waals surface area contributed by atoms with Gasteiger partial charge in [-0.3, -0.25) is 0 Å². The molecule has 0 bridgehead atoms. The lowest BCUT2D eigenvalue weighted by Crippen LogP contribution is -2.57. The molecule has 1 rings (SSSR count). The predicted octanol–water partition coefficient (Wildman–Crippen LogP) is 2.24. The van der Waals surface area contributed by atoms with Crippen molar-refractivity contribution in [1.29, 1.82) is 0 Å². The van der Waals surface area contributed by atoms with Crippen molar-refractivity contribution in [3.8, 4) is 0 Å². The molecule has 5 nitrogen and oxygen atoms in total. The summed E-state index contributed by atoms with van der Waals surface area (Å²) in [5, 5.41) is 2.71. The van der Waals surface area contributed by atoms with Crippen LogP contribution >= 0.6 is 0 Å². The van der Waals surface area contributed by atoms with E-state index in [1.54, 1.807) is 20.8 Å². The van der Waals surface area contributed by atoms with Gasteiger partial charge in [0.15, 0.2) is 0 Å². The molecule has 1 amide bonds. The Morgan fingerprint density at radius 3 is 2.17 bits per heavy atom. The molecular weight excluding hydrogens is 234 g/mol. The summed E-state index contributed by atoms with van der Waals surface area (Å²) in [6, 6.07) is 0. The van der Waals surface area contributed by atoms with Crippen molar-refractivity contribution in [1.82, 2.24) is 5.32 Å². The average Bonchev–Trinajstić information content (AvgIpc) is 3.06. The van der Waals surface area contributed by atoms with E-state index in [0.717, 1.165) is 12.8 Å². The predicted molar refractivity (Wildman–Crippen MR) is 67.1 cm³/mol. The van der Waals surface area contributed by atoms with Crippen molar-refractivity contribution in [3.05, 3.63) is 0 Å². The minimum absolute atomic E-state index is 0.155. The first-order valence-electron chi connectivity index (χ1n) is 6.34. The van der Waals surface area contributed by atoms with Gasteiger partial charge in [0.25, 0.3) is 0 Å². The van der Waals surface area contributed by atoms with Crippen LogP contribution in [0.3, 0.4) is 0 Å². The maximum atomic E-state index is 12.0. The van der Waals surface area contributed by atoms with Crippen LogP contribution in [0, 0.1) is 5.92 Å². The molecule has 104 valence electrons. The molecule has 0 saturated heterocycles. The molecule has 0 radical (unpaired) electrons. The van der Waals surface area contributed by atoms with Crippen molar-refractivity contribution in [2.75, 3.05) is 7.11 Å². The van der Waals surface area contributed by atoms with Gasteiger partial charge in [-0.15, -0.1) is 0 Å². The molecule has 18 heavy (non-hydrogen) atoms. The van der Waals surface area contributed by atoms with Gasteiger partial charge < -0.3 is 14.8 Å². The zero-order valence-corrected chi connectivity index (χ0v) is 11.8. The molecule has 0 aromatic rings. The third kappa shape index (κ3) is 3.37. The van der Waals surface area contributed by atoms with Crippen molar-refractivity contribution in [2.24, 2.45) is 5.92 Å². The van der Waals surface area contributed by atoms with Crippen molar-refractivity contribution in [2.45, 2.75) is 58.1 Å². The minimum atomic E-state index is -0.933. The summed E-state index contributed by atoms with van der Waals surface area (Å²) in [6.45, 7) is 7.23. The van der Waals surface area contributed by atoms with Crippen LogP contribution in [0.2, 0.25) is 0 Å². The first-order chi connectivity index (χ1) is 8.25. The van der Waals surface area contributed by atoms with E-state index >= 15 is 0 Å². The highest BCUT2D eigenvalue weighted by molar-refractivity contribution is 5.86. The standard InChI is InChI=1S/C13H23NO4/c1-6-13(9-7-8-9,10(15)17-5)14-11(16)18-12(2,3)4/h9H,6-8H2,1-5H3,(H,14,16). The summed E-state index contributed by atoms with van der Waals surface area (Å²) < 4.78 is 10.0. The summed E-state index contributed by atoms with van der Waals surface area (Å²) >= 11 is 0. The number of hydrogen-bond donors (Lipinski definition) is 1. The number of carbonyl (C=O) groups is 2. The number of hydrogen-bond acceptors (Lipinski definition) is 4. The van der Waals surface area contributed by atoms with Crippen LogP contribution in [0.5, 0.6) is 0 Å². The van der Waals surface area contributed by atoms with E-state index < -0.39 is 23.2 Å². The van der Waals surface area contributed by atoms with Gasteiger partial charge in [-0.2, -0.15) is 0 Å². The van der Waals surface area contributed by atoms with Gasteiger partial charge >= 0.3 is 12.1 Å². The summed E-state index contributed by atoms with van der Waals surface area (Å²) in [4.78, 5) is 23.8. The summed E-state index contributed by atoms with van der Waals surface area (Å²) in [6.07, 6.45) is 1.79. The second-order valence-corrected chi connectivity index (χ2v) is 5.72. The molecule has 0 heterocycles. The minimum Gasteiger partial charge on any atom is -0.467 e. The Kier molecular flexibility index (Phi) is 4.24. The molecule has 0 aromatic heterocycles. The summed E-state index contributed by atoms with van der Waals surface area (Å²) in [5.74, 6) is -0.235. The molecule has 5 heteroatoms. The van der Waals surface area contributed by atoms with E-state index in [1.807, 2.05) is 6.92 Å². The van der Waals surface area contributed by atoms with Gasteiger partial charge in [-0.25, -0.2) is 9.59 Å². The third-order valence-corrected chi connectivity index (χ3v) is 3.11. The number of esters is 1. The Balaban J connectivity index is 2.79. The highest BCUT2D eigenvalue weighted by Crippen LogP contribution is 2.42. The van der Waals surface area contributed by atoms with Gasteiger partial charge in [-0.1, -0.05) is 6.92 Å². The van der Waals surface area contributed by atoms with Gasteiger partial charge in [0.05, 0.1) is 7.11 Å². The fourth-order valence-electron chi connectivity index (χ4n) is 2.09. The molecular formula is C13H23NO4. The molecule has 1 aliphatic carbocycles. The normalized spacial score (nSPS) is 18.7. The van der Waals surface area contributed by atoms with Crippen molar-refractivity contribution >= 4 is 12.1 Å². The molecule has 1 saturated carbocycles. The highest BCUT2D eigenvalue weighted by Gasteiger charge is 2.52. The summed E-state index contributed by atoms with van der Waals surface area (Å²) in [5.41, 5.74) is -1.51. The van der Waals surface area contributed by atoms with E-state index in [-0.39, 0.29) is 5.92 Å². The van der Waals surface area contributed by atoms with Gasteiger partial charge in [0.1, 0.15) is 11.1 Å². The molecule has 0 aromatic carbocycles. The smallest absolute Gasteiger partial charge is 0.408 e. The summed E-state index contributed by atoms with van der Waals surface area (Å²) in [7, 11) is 1.34. The van der Waals surface area contributed by atoms with E-state index in [4.69, 9.17) is 9.47 Å². The van der Waals surface area contributed by atoms with E-state index in [1.165, 1.54) is 7.11 Å². The van der Waals surface area contributed by atoms with Crippen LogP contribution < -0.4 is 5.32 Å². The monoisotopic (exact) mass is 257 g/mol. The maximum Gasteiger partial charge on any atom is 0.408 e. The zero-order chi connectivity index (χ0) is 14.0. The molecule has 1 N–H and O–H groups in total. The first-order valence-corrected chi connectivity index (χ1v) is 6.34. The average molecular weight is 257 g/mol. The quantitative estimate of drug-likeness (QED) is 0.784. The van der Waals surface area contributed by atoms with Crippen LogP contribution in [0.15, 0.2) is 0 Å². The third-order valence-electron chi connectivity index (χ3n) is 3.11. The lowest BCUT2D eigenvalue weighted by Gasteiger charge is -2.32. The maximum absolute atomic E-state index is 12.0. The number of methoxy groups -OCH3 is 1. The van der Waals surface area contributed by atoms with Crippen LogP contribution in [0.1, 0.15) is 47.0 Å². The van der Waals surface area contributed by atoms with E-state index in [2.05, 4.69) is 5.32 Å². The van der Waals surface area contributed by atoms with Crippen LogP contribution in [0.4, 0.5) is 4.79 Å². The van der Waals surface area contributed by atoms with Crippen LogP contribution in [-0.4, -0.2) is 30.3 Å². The molecule has 1 fully saturated rings. The SMILES string of the molecule is CCC(NC(=O)OC(C)(C)C)(C(=O)OC)C1CC1. The lowest BCUT2D eigenvalue weighted by atomic mass is 9.90. The molecule has 1 atom stereocenters. The zero-order valence-electron chi connectivity index (χ0n) is 11.8. The second-order valence-electron chi connectivity index (χ2n) is 5.72. The number of ether oxygens (including phenoxy) is 2. The van der Waals surface area contributed by atoms with Crippen LogP contribution in [-0.2, 0) is 14.3 Å². The second kappa shape index (κ2) is 5.16. The molecule has 1 unspecified atom stereocenters. The Bertz CT molecular complexity index is 330. The number of rotatable bonds is 4. The number of carbonyl (C=O) groups excluding carboxylic acids is 2. The first kappa shape index (κ1) is 14.8. The lowest BCUT2D eigenvalue weighted by molar-refractivity contribution is -0.149. The molecule has 1 aliphatic rings. The van der Waals surface area contributed by atoms with Crippen LogP contribution in [0.25, 0.3) is 0 Å². The van der Waals surface area contributed by atoms with Crippen molar-refractivity contribution < 1.29 is 19.1 Å². The fourth-order valence-corrected chi connectivity index (χ4v) is 2.09. The van der Waals surface area contributed by atoms with E-state index in [9.17, 15) is 9.59 Å². The Morgan fingerprint density at radius 1 is 1.28 bits per heavy atom. The molecule has 0 spiro atoms. The Labute approximate surface area is 108 Å². The largest absolute Gasteiger partial charge is 0.467 e. The number of alkyl carbamates (subject to hydrolysis) is 1. The van der Waals surface area contributed by atoms with Gasteiger partial charge in [0.2, 0.25) is 0 Å². The Hall–Kier alpha value is -1.26. The highest BCUT2D eigenvalue weighted by atomic mass is 16.6. The van der Waals surface area contributed by atoms with Gasteiger partial charge in [0, 0.05) is 0 Å². The number of nitrogens with one attached hydrogen (secondary N) is 1. The van der Waals surface area contributed by atoms with E-state index in [0.29, 0.717) is 6.42 Å². The van der Waals surface area contributed by atoms with Crippen molar-refractivity contribution in [3.63, 3.8) is 0 Å². The topological polar surface area (TPSA) is 64.6 Å². The fraction of sp³-hybridized carbons (Fsp3) is 0.846. The molecule has 0 aliphatic heterocycles. The number of amides is 1. The Morgan fingerprint density at radius 2 is 1.83 bits per heavy atom.